The average Bonchev–Trinajstić information content (AvgIpc) is 2.61. The van der Waals surface area contributed by atoms with E-state index < -0.39 is 6.09 Å². The van der Waals surface area contributed by atoms with Crippen LogP contribution in [0.3, 0.4) is 0 Å². The third kappa shape index (κ3) is 5.26. The number of hydrogen-bond donors (Lipinski definition) is 1. The van der Waals surface area contributed by atoms with Crippen LogP contribution in [0.1, 0.15) is 11.1 Å². The molecule has 2 rings (SSSR count). The lowest BCUT2D eigenvalue weighted by molar-refractivity contribution is -0.113. The monoisotopic (exact) mass is 358 g/mol. The van der Waals surface area contributed by atoms with E-state index in [1.54, 1.807) is 31.3 Å². The first-order valence-electron chi connectivity index (χ1n) is 7.82. The fourth-order valence-corrected chi connectivity index (χ4v) is 3.14. The standard InChI is InChI=1S/C19H22N2O3S/c1-13-5-6-14(2)17(11-13)25-12-18(22)20-15-7-9-16(10-8-15)21(3)19(23)24-4/h5-11H,12H2,1-4H3,(H,20,22). The molecule has 2 aromatic carbocycles. The summed E-state index contributed by atoms with van der Waals surface area (Å²) in [6.07, 6.45) is -0.443. The number of aryl methyl sites for hydroxylation is 2. The van der Waals surface area contributed by atoms with E-state index in [1.165, 1.54) is 34.9 Å². The Hall–Kier alpha value is -2.47. The van der Waals surface area contributed by atoms with Crippen molar-refractivity contribution in [3.63, 3.8) is 0 Å². The quantitative estimate of drug-likeness (QED) is 0.812. The second-order valence-electron chi connectivity index (χ2n) is 5.68. The van der Waals surface area contributed by atoms with Crippen molar-refractivity contribution in [2.75, 3.05) is 30.1 Å². The van der Waals surface area contributed by atoms with Crippen molar-refractivity contribution < 1.29 is 14.3 Å². The fourth-order valence-electron chi connectivity index (χ4n) is 2.21. The molecule has 0 saturated heterocycles. The van der Waals surface area contributed by atoms with Gasteiger partial charge in [-0.25, -0.2) is 4.79 Å². The highest BCUT2D eigenvalue weighted by Gasteiger charge is 2.11. The van der Waals surface area contributed by atoms with E-state index in [0.29, 0.717) is 17.1 Å². The number of nitrogens with one attached hydrogen (secondary N) is 1. The summed E-state index contributed by atoms with van der Waals surface area (Å²) < 4.78 is 4.67. The predicted molar refractivity (Wildman–Crippen MR) is 103 cm³/mol. The van der Waals surface area contributed by atoms with Crippen LogP contribution in [0.25, 0.3) is 0 Å². The molecule has 0 heterocycles. The molecule has 0 aliphatic carbocycles. The first-order chi connectivity index (χ1) is 11.9. The number of carbonyl (C=O) groups is 2. The summed E-state index contributed by atoms with van der Waals surface area (Å²) in [4.78, 5) is 26.1. The number of amides is 2. The van der Waals surface area contributed by atoms with Crippen molar-refractivity contribution in [2.45, 2.75) is 18.7 Å². The minimum Gasteiger partial charge on any atom is -0.452 e. The predicted octanol–water partition coefficient (Wildman–Crippen LogP) is 4.24. The Morgan fingerprint density at radius 2 is 1.80 bits per heavy atom. The van der Waals surface area contributed by atoms with E-state index in [2.05, 4.69) is 28.3 Å². The third-order valence-corrected chi connectivity index (χ3v) is 4.85. The molecule has 0 saturated carbocycles. The number of hydrogen-bond acceptors (Lipinski definition) is 4. The Bertz CT molecular complexity index is 760. The third-order valence-electron chi connectivity index (χ3n) is 3.69. The summed E-state index contributed by atoms with van der Waals surface area (Å²) in [5.74, 6) is 0.272. The van der Waals surface area contributed by atoms with Gasteiger partial charge in [-0.2, -0.15) is 0 Å². The highest BCUT2D eigenvalue weighted by atomic mass is 32.2. The topological polar surface area (TPSA) is 58.6 Å². The summed E-state index contributed by atoms with van der Waals surface area (Å²) in [5.41, 5.74) is 3.72. The largest absolute Gasteiger partial charge is 0.452 e. The van der Waals surface area contributed by atoms with E-state index >= 15 is 0 Å². The van der Waals surface area contributed by atoms with Crippen molar-refractivity contribution in [3.05, 3.63) is 53.6 Å². The zero-order chi connectivity index (χ0) is 18.4. The lowest BCUT2D eigenvalue weighted by Crippen LogP contribution is -2.25. The molecule has 0 atom stereocenters. The molecule has 0 aliphatic rings. The van der Waals surface area contributed by atoms with E-state index in [9.17, 15) is 9.59 Å². The van der Waals surface area contributed by atoms with Gasteiger partial charge in [-0.15, -0.1) is 11.8 Å². The van der Waals surface area contributed by atoms with Gasteiger partial charge in [-0.05, 0) is 49.7 Å². The van der Waals surface area contributed by atoms with Gasteiger partial charge in [0.1, 0.15) is 0 Å². The molecular weight excluding hydrogens is 336 g/mol. The molecule has 0 radical (unpaired) electrons. The van der Waals surface area contributed by atoms with Crippen molar-refractivity contribution in [2.24, 2.45) is 0 Å². The number of anilines is 2. The lowest BCUT2D eigenvalue weighted by atomic mass is 10.2. The van der Waals surface area contributed by atoms with Gasteiger partial charge in [0, 0.05) is 23.3 Å². The second kappa shape index (κ2) is 8.58. The molecule has 132 valence electrons. The van der Waals surface area contributed by atoms with Crippen LogP contribution in [0.2, 0.25) is 0 Å². The molecule has 1 N–H and O–H groups in total. The van der Waals surface area contributed by atoms with E-state index in [4.69, 9.17) is 0 Å². The fraction of sp³-hybridized carbons (Fsp3) is 0.263. The number of nitrogens with zero attached hydrogens (tertiary/aromatic N) is 1. The molecule has 25 heavy (non-hydrogen) atoms. The summed E-state index contributed by atoms with van der Waals surface area (Å²) in [6.45, 7) is 4.08. The second-order valence-corrected chi connectivity index (χ2v) is 6.70. The Balaban J connectivity index is 1.92. The molecule has 0 bridgehead atoms. The normalized spacial score (nSPS) is 10.2. The van der Waals surface area contributed by atoms with Crippen LogP contribution in [0.5, 0.6) is 0 Å². The van der Waals surface area contributed by atoms with E-state index in [-0.39, 0.29) is 5.91 Å². The summed E-state index contributed by atoms with van der Waals surface area (Å²) >= 11 is 1.52. The summed E-state index contributed by atoms with van der Waals surface area (Å²) in [7, 11) is 2.96. The zero-order valence-electron chi connectivity index (χ0n) is 14.8. The SMILES string of the molecule is COC(=O)N(C)c1ccc(NC(=O)CSc2cc(C)ccc2C)cc1. The maximum Gasteiger partial charge on any atom is 0.413 e. The minimum atomic E-state index is -0.443. The van der Waals surface area contributed by atoms with Crippen LogP contribution in [-0.4, -0.2) is 31.9 Å². The maximum absolute atomic E-state index is 12.1. The molecule has 0 spiro atoms. The van der Waals surface area contributed by atoms with Crippen molar-refractivity contribution >= 4 is 35.1 Å². The van der Waals surface area contributed by atoms with Gasteiger partial charge >= 0.3 is 6.09 Å². The highest BCUT2D eigenvalue weighted by Crippen LogP contribution is 2.24. The molecule has 0 unspecified atom stereocenters. The van der Waals surface area contributed by atoms with Crippen LogP contribution < -0.4 is 10.2 Å². The molecule has 0 fully saturated rings. The number of methoxy groups -OCH3 is 1. The molecule has 0 aromatic heterocycles. The summed E-state index contributed by atoms with van der Waals surface area (Å²) in [6, 6.07) is 13.2. The van der Waals surface area contributed by atoms with Gasteiger partial charge in [0.2, 0.25) is 5.91 Å². The number of carbonyl (C=O) groups excluding carboxylic acids is 2. The van der Waals surface area contributed by atoms with Gasteiger partial charge < -0.3 is 10.1 Å². The van der Waals surface area contributed by atoms with Crippen molar-refractivity contribution in [1.29, 1.82) is 0 Å². The van der Waals surface area contributed by atoms with Crippen LogP contribution in [0, 0.1) is 13.8 Å². The van der Waals surface area contributed by atoms with Gasteiger partial charge in [0.15, 0.2) is 0 Å². The Labute approximate surface area is 152 Å². The van der Waals surface area contributed by atoms with E-state index in [0.717, 1.165) is 4.90 Å². The Morgan fingerprint density at radius 1 is 1.12 bits per heavy atom. The first-order valence-corrected chi connectivity index (χ1v) is 8.81. The molecule has 5 nitrogen and oxygen atoms in total. The van der Waals surface area contributed by atoms with Crippen molar-refractivity contribution in [1.82, 2.24) is 0 Å². The van der Waals surface area contributed by atoms with Gasteiger partial charge in [0.25, 0.3) is 0 Å². The molecule has 6 heteroatoms. The summed E-state index contributed by atoms with van der Waals surface area (Å²) in [5, 5.41) is 2.86. The van der Waals surface area contributed by atoms with Crippen LogP contribution in [0.15, 0.2) is 47.4 Å². The van der Waals surface area contributed by atoms with Gasteiger partial charge in [-0.1, -0.05) is 17.7 Å². The first kappa shape index (κ1) is 18.9. The zero-order valence-corrected chi connectivity index (χ0v) is 15.6. The van der Waals surface area contributed by atoms with Crippen LogP contribution in [0.4, 0.5) is 16.2 Å². The number of ether oxygens (including phenoxy) is 1. The average molecular weight is 358 g/mol. The molecular formula is C19H22N2O3S. The molecule has 0 aliphatic heterocycles. The van der Waals surface area contributed by atoms with Crippen LogP contribution >= 0.6 is 11.8 Å². The number of rotatable bonds is 5. The van der Waals surface area contributed by atoms with Crippen molar-refractivity contribution in [3.8, 4) is 0 Å². The number of benzene rings is 2. The Morgan fingerprint density at radius 3 is 2.44 bits per heavy atom. The maximum atomic E-state index is 12.1. The van der Waals surface area contributed by atoms with Gasteiger partial charge in [0.05, 0.1) is 12.9 Å². The number of thioether (sulfide) groups is 1. The lowest BCUT2D eigenvalue weighted by Gasteiger charge is -2.16. The van der Waals surface area contributed by atoms with E-state index in [1.807, 2.05) is 13.8 Å². The minimum absolute atomic E-state index is 0.0695. The highest BCUT2D eigenvalue weighted by molar-refractivity contribution is 8.00. The van der Waals surface area contributed by atoms with Crippen LogP contribution in [-0.2, 0) is 9.53 Å². The molecule has 2 aromatic rings. The Kier molecular flexibility index (Phi) is 6.47. The smallest absolute Gasteiger partial charge is 0.413 e. The molecule has 2 amide bonds. The van der Waals surface area contributed by atoms with Gasteiger partial charge in [-0.3, -0.25) is 9.69 Å².